The van der Waals surface area contributed by atoms with Gasteiger partial charge in [-0.3, -0.25) is 14.6 Å². The van der Waals surface area contributed by atoms with Gasteiger partial charge in [-0.15, -0.1) is 0 Å². The number of thiol groups is 1. The van der Waals surface area contributed by atoms with E-state index in [0.717, 1.165) is 6.07 Å². The summed E-state index contributed by atoms with van der Waals surface area (Å²) in [5.74, 6) is -0.429. The second kappa shape index (κ2) is 19.8. The topological polar surface area (TPSA) is 303 Å². The number of methoxy groups -OCH3 is 1. The number of ketones is 1. The number of nitrogens with one attached hydrogen (secondary N) is 2. The predicted molar refractivity (Wildman–Crippen MR) is 194 cm³/mol. The lowest BCUT2D eigenvalue weighted by molar-refractivity contribution is -0.318. The molecule has 2 fully saturated rings. The largest absolute Gasteiger partial charge is 0.507 e. The fraction of sp³-hybridized carbons (Fsp3) is 0.500. The number of Topliss-reactive ketones (excluding diaryl/α,β-unsaturated/α-hetero) is 1. The van der Waals surface area contributed by atoms with E-state index in [-0.39, 0.29) is 47.1 Å². The van der Waals surface area contributed by atoms with Gasteiger partial charge in [0.1, 0.15) is 71.6 Å². The van der Waals surface area contributed by atoms with E-state index in [1.165, 1.54) is 44.5 Å². The maximum Gasteiger partial charge on any atom is 0.251 e. The molecule has 1 aromatic heterocycles. The molecule has 2 saturated heterocycles. The van der Waals surface area contributed by atoms with Crippen LogP contribution in [0, 0.1) is 4.77 Å². The minimum absolute atomic E-state index is 0.0457. The standard InChI is InChI=1S/C28H34O15.C4H4N2OS.C2H6OS/c1-10-21(32)23(34)25(36)27(40-10)39-9-19-22(33)24(35)26(37)28(43-19)41-12-6-14(30)20-15(31)8-17(42-18(20)7-12)11-3-4-16(38-2)13(29)5-11;7-3-1-2-5-4(8)6-3;3-1-2-4/h3-7,10,17,19,21-30,32-37H,8-9H2,1-2H3;1-2H,(H2,5,6,7,8);3-4H,1-2H2/t10?,17-,19?,21?,22?,23-,24+,25?,26?,27?,28?;;/m0../s1. The molecule has 4 heterocycles. The van der Waals surface area contributed by atoms with E-state index in [9.17, 15) is 50.4 Å². The second-order valence-electron chi connectivity index (χ2n) is 12.4. The molecule has 3 aromatic rings. The number of phenolic OH excluding ortho intramolecular Hbond substituents is 2. The van der Waals surface area contributed by atoms with Crippen molar-refractivity contribution in [3.8, 4) is 28.7 Å². The predicted octanol–water partition coefficient (Wildman–Crippen LogP) is -0.816. The highest BCUT2D eigenvalue weighted by molar-refractivity contribution is 7.80. The zero-order valence-electron chi connectivity index (χ0n) is 29.4. The number of hydrogen-bond donors (Lipinski definition) is 12. The molecule has 3 aliphatic heterocycles. The monoisotopic (exact) mass is 816 g/mol. The smallest absolute Gasteiger partial charge is 0.251 e. The SMILES string of the molecule is COc1ccc([C@@H]2CC(=O)c3c(O)cc(OC4OC(COC5OC(C)C(O)[C@H](O)C5O)C(O)[C@@H](O)C4O)cc3O2)cc1O.O=c1cc[nH]c(=S)[nH]1.OCCS. The molecular weight excluding hydrogens is 773 g/mol. The van der Waals surface area contributed by atoms with Crippen LogP contribution in [0.25, 0.3) is 0 Å². The van der Waals surface area contributed by atoms with E-state index in [1.807, 2.05) is 0 Å². The molecule has 8 unspecified atom stereocenters. The normalized spacial score (nSPS) is 30.0. The van der Waals surface area contributed by atoms with Gasteiger partial charge >= 0.3 is 0 Å². The summed E-state index contributed by atoms with van der Waals surface area (Å²) in [5.41, 5.74) is 0.201. The number of H-pyrrole nitrogens is 2. The number of ether oxygens (including phenoxy) is 6. The van der Waals surface area contributed by atoms with Crippen molar-refractivity contribution in [3.63, 3.8) is 0 Å². The van der Waals surface area contributed by atoms with E-state index >= 15 is 0 Å². The number of aromatic hydroxyl groups is 2. The molecule has 304 valence electrons. The average Bonchev–Trinajstić information content (AvgIpc) is 3.15. The first-order chi connectivity index (χ1) is 26.1. The third-order valence-electron chi connectivity index (χ3n) is 8.49. The molecule has 55 heavy (non-hydrogen) atoms. The Morgan fingerprint density at radius 1 is 0.891 bits per heavy atom. The van der Waals surface area contributed by atoms with Crippen LogP contribution >= 0.6 is 24.8 Å². The van der Waals surface area contributed by atoms with E-state index in [1.54, 1.807) is 6.07 Å². The molecule has 0 saturated carbocycles. The number of benzene rings is 2. The summed E-state index contributed by atoms with van der Waals surface area (Å²) in [4.78, 5) is 28.2. The number of aromatic nitrogens is 2. The van der Waals surface area contributed by atoms with Crippen LogP contribution in [0.1, 0.15) is 35.4 Å². The van der Waals surface area contributed by atoms with Gasteiger partial charge in [-0.1, -0.05) is 6.07 Å². The molecule has 3 aliphatic rings. The quantitative estimate of drug-likeness (QED) is 0.0977. The van der Waals surface area contributed by atoms with Gasteiger partial charge in [0, 0.05) is 30.1 Å². The van der Waals surface area contributed by atoms with Crippen LogP contribution < -0.4 is 19.8 Å². The second-order valence-corrected chi connectivity index (χ2v) is 13.2. The Hall–Kier alpha value is -3.84. The minimum atomic E-state index is -1.77. The van der Waals surface area contributed by atoms with Crippen LogP contribution in [0.2, 0.25) is 0 Å². The number of aliphatic hydroxyl groups excluding tert-OH is 7. The average molecular weight is 817 g/mol. The first-order valence-corrected chi connectivity index (χ1v) is 17.7. The van der Waals surface area contributed by atoms with Crippen LogP contribution in [0.4, 0.5) is 0 Å². The van der Waals surface area contributed by atoms with Crippen LogP contribution in [-0.2, 0) is 14.2 Å². The number of carbonyl (C=O) groups is 1. The van der Waals surface area contributed by atoms with E-state index < -0.39 is 85.7 Å². The van der Waals surface area contributed by atoms with E-state index in [4.69, 9.17) is 33.5 Å². The van der Waals surface area contributed by atoms with Crippen LogP contribution in [0.5, 0.6) is 28.7 Å². The third kappa shape index (κ3) is 10.9. The number of aliphatic hydroxyl groups is 7. The van der Waals surface area contributed by atoms with Gasteiger partial charge in [-0.2, -0.15) is 12.6 Å². The molecular formula is C34H44N2O17S2. The third-order valence-corrected chi connectivity index (χ3v) is 8.91. The van der Waals surface area contributed by atoms with Crippen LogP contribution in [-0.4, -0.2) is 149 Å². The highest BCUT2D eigenvalue weighted by Gasteiger charge is 2.47. The van der Waals surface area contributed by atoms with E-state index in [2.05, 4.69) is 34.8 Å². The highest BCUT2D eigenvalue weighted by atomic mass is 32.1. The first kappa shape index (κ1) is 43.9. The first-order valence-electron chi connectivity index (χ1n) is 16.7. The van der Waals surface area contributed by atoms with Gasteiger partial charge in [0.25, 0.3) is 5.56 Å². The molecule has 0 bridgehead atoms. The summed E-state index contributed by atoms with van der Waals surface area (Å²) in [6.45, 7) is 1.15. The Labute approximate surface area is 323 Å². The molecule has 0 amide bonds. The lowest BCUT2D eigenvalue weighted by Crippen LogP contribution is -2.61. The zero-order chi connectivity index (χ0) is 40.6. The number of fused-ring (bicyclic) bond motifs is 1. The van der Waals surface area contributed by atoms with Gasteiger partial charge in [-0.25, -0.2) is 0 Å². The fourth-order valence-electron chi connectivity index (χ4n) is 5.59. The summed E-state index contributed by atoms with van der Waals surface area (Å²) in [5, 5.41) is 90.0. The Morgan fingerprint density at radius 3 is 2.16 bits per heavy atom. The summed E-state index contributed by atoms with van der Waals surface area (Å²) in [6.07, 6.45) is -14.4. The Balaban J connectivity index is 0.000000481. The fourth-order valence-corrected chi connectivity index (χ4v) is 5.75. The van der Waals surface area contributed by atoms with Gasteiger partial charge in [-0.05, 0) is 36.8 Å². The summed E-state index contributed by atoms with van der Waals surface area (Å²) in [7, 11) is 1.39. The maximum atomic E-state index is 12.9. The molecule has 0 aliphatic carbocycles. The number of carbonyl (C=O) groups excluding carboxylic acids is 1. The van der Waals surface area contributed by atoms with Crippen molar-refractivity contribution < 1.29 is 79.2 Å². The zero-order valence-corrected chi connectivity index (χ0v) is 31.1. The minimum Gasteiger partial charge on any atom is -0.507 e. The van der Waals surface area contributed by atoms with Crippen LogP contribution in [0.15, 0.2) is 47.4 Å². The molecule has 21 heteroatoms. The van der Waals surface area contributed by atoms with Crippen LogP contribution in [0.3, 0.4) is 0 Å². The van der Waals surface area contributed by atoms with Crippen molar-refractivity contribution in [3.05, 3.63) is 68.8 Å². The van der Waals surface area contributed by atoms with Crippen molar-refractivity contribution in [1.29, 1.82) is 0 Å². The van der Waals surface area contributed by atoms with Crippen molar-refractivity contribution in [2.24, 2.45) is 0 Å². The lowest BCUT2D eigenvalue weighted by atomic mass is 9.95. The summed E-state index contributed by atoms with van der Waals surface area (Å²) in [6, 6.07) is 8.27. The van der Waals surface area contributed by atoms with Crippen molar-refractivity contribution in [2.45, 2.75) is 80.9 Å². The lowest BCUT2D eigenvalue weighted by Gasteiger charge is -2.42. The molecule has 2 aromatic carbocycles. The van der Waals surface area contributed by atoms with Gasteiger partial charge in [0.2, 0.25) is 6.29 Å². The number of rotatable bonds is 8. The highest BCUT2D eigenvalue weighted by Crippen LogP contribution is 2.43. The Morgan fingerprint density at radius 2 is 1.56 bits per heavy atom. The molecule has 11 N–H and O–H groups in total. The molecule has 0 radical (unpaired) electrons. The molecule has 11 atom stereocenters. The summed E-state index contributed by atoms with van der Waals surface area (Å²) >= 11 is 8.26. The molecule has 6 rings (SSSR count). The summed E-state index contributed by atoms with van der Waals surface area (Å²) < 4.78 is 33.5. The van der Waals surface area contributed by atoms with Gasteiger partial charge in [0.05, 0.1) is 32.8 Å². The Kier molecular flexibility index (Phi) is 15.8. The number of aromatic amines is 2. The van der Waals surface area contributed by atoms with Crippen molar-refractivity contribution >= 4 is 30.6 Å². The molecule has 19 nitrogen and oxygen atoms in total. The number of hydrogen-bond acceptors (Lipinski definition) is 19. The van der Waals surface area contributed by atoms with E-state index in [0.29, 0.717) is 16.1 Å². The van der Waals surface area contributed by atoms with Gasteiger partial charge in [0.15, 0.2) is 28.3 Å². The Bertz CT molecular complexity index is 1820. The maximum absolute atomic E-state index is 12.9. The molecule has 0 spiro atoms. The van der Waals surface area contributed by atoms with Crippen molar-refractivity contribution in [2.75, 3.05) is 26.1 Å². The van der Waals surface area contributed by atoms with Crippen molar-refractivity contribution in [1.82, 2.24) is 9.97 Å². The van der Waals surface area contributed by atoms with Gasteiger partial charge < -0.3 is 79.4 Å². The number of phenols is 2.